The average Bonchev–Trinajstić information content (AvgIpc) is 2.41. The first-order valence-electron chi connectivity index (χ1n) is 5.87. The zero-order valence-corrected chi connectivity index (χ0v) is 10.5. The zero-order valence-electron chi connectivity index (χ0n) is 10.5. The molecule has 0 aliphatic rings. The smallest absolute Gasteiger partial charge is 0.261 e. The van der Waals surface area contributed by atoms with Gasteiger partial charge < -0.3 is 9.84 Å². The third-order valence-corrected chi connectivity index (χ3v) is 2.91. The molecule has 0 aliphatic heterocycles. The van der Waals surface area contributed by atoms with Crippen LogP contribution >= 0.6 is 0 Å². The Labute approximate surface area is 105 Å². The highest BCUT2D eigenvalue weighted by molar-refractivity contribution is 5.78. The molecule has 0 amide bonds. The van der Waals surface area contributed by atoms with E-state index in [4.69, 9.17) is 4.74 Å². The Hall–Kier alpha value is -1.88. The number of hydrogen-bond acceptors (Lipinski definition) is 4. The van der Waals surface area contributed by atoms with Gasteiger partial charge in [-0.05, 0) is 18.6 Å². The van der Waals surface area contributed by atoms with Gasteiger partial charge in [0.1, 0.15) is 5.75 Å². The fraction of sp³-hybridized carbons (Fsp3) is 0.385. The minimum Gasteiger partial charge on any atom is -0.497 e. The SMILES string of the molecule is CC[C@H](O)Cn1cnc2cc(OC)ccc2c1=O. The van der Waals surface area contributed by atoms with Crippen molar-refractivity contribution in [2.75, 3.05) is 7.11 Å². The summed E-state index contributed by atoms with van der Waals surface area (Å²) in [6.07, 6.45) is 1.54. The van der Waals surface area contributed by atoms with Crippen molar-refractivity contribution in [3.05, 3.63) is 34.9 Å². The van der Waals surface area contributed by atoms with Gasteiger partial charge in [-0.1, -0.05) is 6.92 Å². The molecule has 0 aliphatic carbocycles. The predicted octanol–water partition coefficient (Wildman–Crippen LogP) is 1.18. The molecule has 0 unspecified atom stereocenters. The monoisotopic (exact) mass is 248 g/mol. The Morgan fingerprint density at radius 3 is 2.94 bits per heavy atom. The van der Waals surface area contributed by atoms with Crippen LogP contribution in [0.1, 0.15) is 13.3 Å². The molecule has 96 valence electrons. The topological polar surface area (TPSA) is 64.3 Å². The highest BCUT2D eigenvalue weighted by Crippen LogP contribution is 2.15. The number of aliphatic hydroxyl groups excluding tert-OH is 1. The van der Waals surface area contributed by atoms with Crippen LogP contribution in [-0.2, 0) is 6.54 Å². The van der Waals surface area contributed by atoms with Crippen LogP contribution in [0.15, 0.2) is 29.3 Å². The van der Waals surface area contributed by atoms with Gasteiger partial charge in [-0.2, -0.15) is 0 Å². The summed E-state index contributed by atoms with van der Waals surface area (Å²) in [6, 6.07) is 5.14. The third-order valence-electron chi connectivity index (χ3n) is 2.91. The van der Waals surface area contributed by atoms with Gasteiger partial charge in [-0.15, -0.1) is 0 Å². The second-order valence-corrected chi connectivity index (χ2v) is 4.15. The molecule has 2 aromatic rings. The fourth-order valence-corrected chi connectivity index (χ4v) is 1.75. The van der Waals surface area contributed by atoms with Gasteiger partial charge in [0.2, 0.25) is 0 Å². The fourth-order valence-electron chi connectivity index (χ4n) is 1.75. The number of ether oxygens (including phenoxy) is 1. The Balaban J connectivity index is 2.48. The molecule has 0 spiro atoms. The Morgan fingerprint density at radius 1 is 1.50 bits per heavy atom. The molecule has 2 rings (SSSR count). The molecule has 1 heterocycles. The number of rotatable bonds is 4. The third kappa shape index (κ3) is 2.36. The second-order valence-electron chi connectivity index (χ2n) is 4.15. The van der Waals surface area contributed by atoms with Gasteiger partial charge in [0.25, 0.3) is 5.56 Å². The van der Waals surface area contributed by atoms with E-state index in [1.54, 1.807) is 25.3 Å². The molecule has 1 N–H and O–H groups in total. The van der Waals surface area contributed by atoms with Crippen LogP contribution < -0.4 is 10.3 Å². The average molecular weight is 248 g/mol. The predicted molar refractivity (Wildman–Crippen MR) is 68.9 cm³/mol. The van der Waals surface area contributed by atoms with E-state index in [9.17, 15) is 9.90 Å². The van der Waals surface area contributed by atoms with Crippen molar-refractivity contribution < 1.29 is 9.84 Å². The van der Waals surface area contributed by atoms with E-state index in [2.05, 4.69) is 4.98 Å². The highest BCUT2D eigenvalue weighted by atomic mass is 16.5. The van der Waals surface area contributed by atoms with Crippen molar-refractivity contribution >= 4 is 10.9 Å². The number of nitrogens with zero attached hydrogens (tertiary/aromatic N) is 2. The van der Waals surface area contributed by atoms with Crippen molar-refractivity contribution in [1.29, 1.82) is 0 Å². The normalized spacial score (nSPS) is 12.6. The number of aromatic nitrogens is 2. The Bertz CT molecular complexity index is 607. The lowest BCUT2D eigenvalue weighted by atomic mass is 10.2. The summed E-state index contributed by atoms with van der Waals surface area (Å²) in [5.41, 5.74) is 0.455. The number of fused-ring (bicyclic) bond motifs is 1. The second kappa shape index (κ2) is 5.18. The van der Waals surface area contributed by atoms with Crippen LogP contribution in [0.25, 0.3) is 10.9 Å². The zero-order chi connectivity index (χ0) is 13.1. The summed E-state index contributed by atoms with van der Waals surface area (Å²) in [6.45, 7) is 2.14. The molecule has 5 heteroatoms. The molecule has 1 atom stereocenters. The quantitative estimate of drug-likeness (QED) is 0.882. The van der Waals surface area contributed by atoms with Gasteiger partial charge in [-0.3, -0.25) is 9.36 Å². The van der Waals surface area contributed by atoms with Gasteiger partial charge in [0.15, 0.2) is 0 Å². The molecular weight excluding hydrogens is 232 g/mol. The van der Waals surface area contributed by atoms with Crippen molar-refractivity contribution in [3.63, 3.8) is 0 Å². The van der Waals surface area contributed by atoms with Crippen molar-refractivity contribution in [3.8, 4) is 5.75 Å². The standard InChI is InChI=1S/C13H16N2O3/c1-3-9(16)7-15-8-14-12-6-10(18-2)4-5-11(12)13(15)17/h4-6,8-9,16H,3,7H2,1-2H3/t9-/m0/s1. The van der Waals surface area contributed by atoms with E-state index in [0.29, 0.717) is 23.1 Å². The maximum Gasteiger partial charge on any atom is 0.261 e. The van der Waals surface area contributed by atoms with Gasteiger partial charge in [-0.25, -0.2) is 4.98 Å². The molecule has 0 saturated heterocycles. The maximum atomic E-state index is 12.2. The summed E-state index contributed by atoms with van der Waals surface area (Å²) >= 11 is 0. The van der Waals surface area contributed by atoms with Gasteiger partial charge in [0, 0.05) is 6.07 Å². The minimum absolute atomic E-state index is 0.143. The summed E-state index contributed by atoms with van der Waals surface area (Å²) in [5.74, 6) is 0.667. The summed E-state index contributed by atoms with van der Waals surface area (Å²) in [4.78, 5) is 16.4. The van der Waals surface area contributed by atoms with Crippen LogP contribution in [0.2, 0.25) is 0 Å². The molecule has 18 heavy (non-hydrogen) atoms. The van der Waals surface area contributed by atoms with Gasteiger partial charge in [0.05, 0.1) is 37.0 Å². The first-order valence-corrected chi connectivity index (χ1v) is 5.87. The molecule has 1 aromatic heterocycles. The minimum atomic E-state index is -0.528. The first-order chi connectivity index (χ1) is 8.65. The van der Waals surface area contributed by atoms with Crippen LogP contribution in [0.4, 0.5) is 0 Å². The van der Waals surface area contributed by atoms with E-state index in [0.717, 1.165) is 0 Å². The van der Waals surface area contributed by atoms with Crippen LogP contribution in [0, 0.1) is 0 Å². The summed E-state index contributed by atoms with van der Waals surface area (Å²) in [7, 11) is 1.57. The van der Waals surface area contributed by atoms with Crippen LogP contribution in [0.3, 0.4) is 0 Å². The summed E-state index contributed by atoms with van der Waals surface area (Å²) in [5, 5.41) is 10.1. The first kappa shape index (κ1) is 12.6. The van der Waals surface area contributed by atoms with E-state index in [-0.39, 0.29) is 12.1 Å². The number of benzene rings is 1. The molecule has 1 aromatic carbocycles. The lowest BCUT2D eigenvalue weighted by molar-refractivity contribution is 0.148. The maximum absolute atomic E-state index is 12.2. The Kier molecular flexibility index (Phi) is 3.62. The van der Waals surface area contributed by atoms with E-state index >= 15 is 0 Å². The molecule has 0 saturated carbocycles. The van der Waals surface area contributed by atoms with Crippen molar-refractivity contribution in [2.45, 2.75) is 26.0 Å². The number of aliphatic hydroxyl groups is 1. The van der Waals surface area contributed by atoms with E-state index < -0.39 is 6.10 Å². The highest BCUT2D eigenvalue weighted by Gasteiger charge is 2.08. The van der Waals surface area contributed by atoms with Crippen molar-refractivity contribution in [2.24, 2.45) is 0 Å². The van der Waals surface area contributed by atoms with Crippen LogP contribution in [0.5, 0.6) is 5.75 Å². The van der Waals surface area contributed by atoms with E-state index in [1.807, 2.05) is 6.92 Å². The van der Waals surface area contributed by atoms with Crippen molar-refractivity contribution in [1.82, 2.24) is 9.55 Å². The Morgan fingerprint density at radius 2 is 2.28 bits per heavy atom. The molecule has 0 fully saturated rings. The summed E-state index contributed by atoms with van der Waals surface area (Å²) < 4.78 is 6.52. The largest absolute Gasteiger partial charge is 0.497 e. The van der Waals surface area contributed by atoms with Gasteiger partial charge >= 0.3 is 0 Å². The lowest BCUT2D eigenvalue weighted by Gasteiger charge is -2.10. The molecule has 0 bridgehead atoms. The lowest BCUT2D eigenvalue weighted by Crippen LogP contribution is -2.26. The van der Waals surface area contributed by atoms with E-state index in [1.165, 1.54) is 10.9 Å². The number of methoxy groups -OCH3 is 1. The molecule has 5 nitrogen and oxygen atoms in total. The number of hydrogen-bond donors (Lipinski definition) is 1. The molecule has 0 radical (unpaired) electrons. The van der Waals surface area contributed by atoms with Crippen LogP contribution in [-0.4, -0.2) is 27.9 Å². The molecular formula is C13H16N2O3.